The predicted octanol–water partition coefficient (Wildman–Crippen LogP) is 1.41. The molecule has 3 aliphatic rings. The lowest BCUT2D eigenvalue weighted by Crippen LogP contribution is -2.53. The van der Waals surface area contributed by atoms with Crippen LogP contribution in [0.25, 0.3) is 0 Å². The molecule has 0 aromatic heterocycles. The summed E-state index contributed by atoms with van der Waals surface area (Å²) in [6.45, 7) is 13.0. The number of amides is 1. The fourth-order valence-electron chi connectivity index (χ4n) is 4.89. The van der Waals surface area contributed by atoms with Crippen LogP contribution in [0.3, 0.4) is 0 Å². The zero-order valence-electron chi connectivity index (χ0n) is 15.7. The first-order valence-electron chi connectivity index (χ1n) is 9.80. The highest BCUT2D eigenvalue weighted by atomic mass is 16.3. The maximum absolute atomic E-state index is 11.5. The second-order valence-electron chi connectivity index (χ2n) is 8.69. The third-order valence-corrected chi connectivity index (χ3v) is 6.60. The number of nitrogens with zero attached hydrogens (tertiary/aromatic N) is 3. The summed E-state index contributed by atoms with van der Waals surface area (Å²) in [7, 11) is 0. The van der Waals surface area contributed by atoms with Gasteiger partial charge in [-0.15, -0.1) is 0 Å². The summed E-state index contributed by atoms with van der Waals surface area (Å²) in [5.74, 6) is 1.61. The zero-order chi connectivity index (χ0) is 17.3. The van der Waals surface area contributed by atoms with Crippen molar-refractivity contribution in [2.24, 2.45) is 11.8 Å². The number of likely N-dealkylation sites (tertiary alicyclic amines) is 1. The largest absolute Gasteiger partial charge is 0.389 e. The molecule has 0 radical (unpaired) electrons. The Hall–Kier alpha value is -0.650. The molecule has 0 spiro atoms. The summed E-state index contributed by atoms with van der Waals surface area (Å²) in [5.41, 5.74) is -0.464. The van der Waals surface area contributed by atoms with Crippen LogP contribution in [0.15, 0.2) is 0 Å². The van der Waals surface area contributed by atoms with Gasteiger partial charge < -0.3 is 10.0 Å². The van der Waals surface area contributed by atoms with E-state index in [0.29, 0.717) is 12.0 Å². The molecule has 5 nitrogen and oxygen atoms in total. The van der Waals surface area contributed by atoms with Crippen molar-refractivity contribution in [2.45, 2.75) is 58.1 Å². The van der Waals surface area contributed by atoms with Gasteiger partial charge in [0.2, 0.25) is 5.91 Å². The zero-order valence-corrected chi connectivity index (χ0v) is 15.7. The van der Waals surface area contributed by atoms with E-state index in [1.165, 1.54) is 0 Å². The Kier molecular flexibility index (Phi) is 5.52. The van der Waals surface area contributed by atoms with E-state index >= 15 is 0 Å². The van der Waals surface area contributed by atoms with Crippen LogP contribution in [0.2, 0.25) is 0 Å². The molecule has 1 amide bonds. The van der Waals surface area contributed by atoms with Crippen LogP contribution in [0.1, 0.15) is 46.5 Å². The van der Waals surface area contributed by atoms with E-state index in [4.69, 9.17) is 0 Å². The lowest BCUT2D eigenvalue weighted by Gasteiger charge is -2.39. The second-order valence-corrected chi connectivity index (χ2v) is 8.69. The van der Waals surface area contributed by atoms with Crippen molar-refractivity contribution < 1.29 is 9.90 Å². The van der Waals surface area contributed by atoms with Crippen molar-refractivity contribution in [2.75, 3.05) is 45.8 Å². The lowest BCUT2D eigenvalue weighted by molar-refractivity contribution is -0.130. The summed E-state index contributed by atoms with van der Waals surface area (Å²) in [4.78, 5) is 18.5. The third-order valence-electron chi connectivity index (χ3n) is 6.60. The second kappa shape index (κ2) is 7.30. The SMILES string of the molecule is CC(=O)N1CCN([C@@H]2CN(CC3(O)CCC(C)CC3)C[C@@H]2C)CC1. The molecule has 1 N–H and O–H groups in total. The van der Waals surface area contributed by atoms with Gasteiger partial charge in [-0.2, -0.15) is 0 Å². The number of carbonyl (C=O) groups excluding carboxylic acids is 1. The van der Waals surface area contributed by atoms with E-state index in [1.54, 1.807) is 6.92 Å². The van der Waals surface area contributed by atoms with E-state index in [0.717, 1.165) is 77.4 Å². The molecule has 0 bridgehead atoms. The molecule has 2 aliphatic heterocycles. The van der Waals surface area contributed by atoms with Gasteiger partial charge in [0, 0.05) is 58.8 Å². The molecule has 0 unspecified atom stereocenters. The normalized spacial score (nSPS) is 39.3. The minimum atomic E-state index is -0.464. The van der Waals surface area contributed by atoms with Gasteiger partial charge in [0.05, 0.1) is 5.60 Å². The van der Waals surface area contributed by atoms with Crippen molar-refractivity contribution in [3.8, 4) is 0 Å². The van der Waals surface area contributed by atoms with Gasteiger partial charge in [0.1, 0.15) is 0 Å². The van der Waals surface area contributed by atoms with Gasteiger partial charge in [0.25, 0.3) is 0 Å². The van der Waals surface area contributed by atoms with Crippen molar-refractivity contribution in [3.63, 3.8) is 0 Å². The number of hydrogen-bond acceptors (Lipinski definition) is 4. The minimum Gasteiger partial charge on any atom is -0.389 e. The first kappa shape index (κ1) is 18.2. The number of hydrogen-bond donors (Lipinski definition) is 1. The summed E-state index contributed by atoms with van der Waals surface area (Å²) >= 11 is 0. The Balaban J connectivity index is 1.51. The van der Waals surface area contributed by atoms with Crippen LogP contribution in [0.5, 0.6) is 0 Å². The lowest BCUT2D eigenvalue weighted by atomic mass is 9.79. The monoisotopic (exact) mass is 337 g/mol. The maximum atomic E-state index is 11.5. The number of aliphatic hydroxyl groups is 1. The smallest absolute Gasteiger partial charge is 0.219 e. The average Bonchev–Trinajstić information content (AvgIpc) is 2.90. The molecular formula is C19H35N3O2. The van der Waals surface area contributed by atoms with Crippen LogP contribution in [0, 0.1) is 11.8 Å². The van der Waals surface area contributed by atoms with E-state index in [2.05, 4.69) is 23.6 Å². The maximum Gasteiger partial charge on any atom is 0.219 e. The van der Waals surface area contributed by atoms with E-state index in [-0.39, 0.29) is 5.91 Å². The number of rotatable bonds is 3. The summed E-state index contributed by atoms with van der Waals surface area (Å²) in [6.07, 6.45) is 4.24. The van der Waals surface area contributed by atoms with Crippen LogP contribution >= 0.6 is 0 Å². The highest BCUT2D eigenvalue weighted by Gasteiger charge is 2.40. The molecule has 2 saturated heterocycles. The molecule has 24 heavy (non-hydrogen) atoms. The first-order valence-corrected chi connectivity index (χ1v) is 9.80. The predicted molar refractivity (Wildman–Crippen MR) is 95.8 cm³/mol. The molecule has 3 rings (SSSR count). The fraction of sp³-hybridized carbons (Fsp3) is 0.947. The van der Waals surface area contributed by atoms with Gasteiger partial charge in [-0.3, -0.25) is 14.6 Å². The quantitative estimate of drug-likeness (QED) is 0.846. The Labute approximate surface area is 147 Å². The first-order chi connectivity index (χ1) is 11.4. The van der Waals surface area contributed by atoms with Gasteiger partial charge in [0.15, 0.2) is 0 Å². The minimum absolute atomic E-state index is 0.199. The van der Waals surface area contributed by atoms with Gasteiger partial charge in [-0.25, -0.2) is 0 Å². The van der Waals surface area contributed by atoms with Gasteiger partial charge in [-0.1, -0.05) is 13.8 Å². The van der Waals surface area contributed by atoms with E-state index in [1.807, 2.05) is 4.90 Å². The molecular weight excluding hydrogens is 302 g/mol. The standard InChI is InChI=1S/C19H35N3O2/c1-15-4-6-19(24,7-5-15)14-20-12-16(2)18(13-20)22-10-8-21(9-11-22)17(3)23/h15-16,18,24H,4-14H2,1-3H3/t15?,16-,18+,19?/m0/s1. The number of piperazine rings is 1. The van der Waals surface area contributed by atoms with Crippen LogP contribution in [-0.4, -0.2) is 83.2 Å². The Bertz CT molecular complexity index is 440. The summed E-state index contributed by atoms with van der Waals surface area (Å²) in [5, 5.41) is 10.9. The fourth-order valence-corrected chi connectivity index (χ4v) is 4.89. The van der Waals surface area contributed by atoms with E-state index < -0.39 is 5.60 Å². The Morgan fingerprint density at radius 3 is 2.29 bits per heavy atom. The Morgan fingerprint density at radius 2 is 1.71 bits per heavy atom. The highest BCUT2D eigenvalue weighted by molar-refractivity contribution is 5.73. The van der Waals surface area contributed by atoms with Gasteiger partial charge in [-0.05, 0) is 37.5 Å². The Morgan fingerprint density at radius 1 is 1.08 bits per heavy atom. The highest BCUT2D eigenvalue weighted by Crippen LogP contribution is 2.34. The van der Waals surface area contributed by atoms with E-state index in [9.17, 15) is 9.90 Å². The molecule has 2 heterocycles. The van der Waals surface area contributed by atoms with Crippen LogP contribution < -0.4 is 0 Å². The summed E-state index contributed by atoms with van der Waals surface area (Å²) in [6, 6.07) is 0.574. The van der Waals surface area contributed by atoms with Crippen molar-refractivity contribution in [3.05, 3.63) is 0 Å². The van der Waals surface area contributed by atoms with Crippen molar-refractivity contribution in [1.82, 2.24) is 14.7 Å². The molecule has 138 valence electrons. The molecule has 2 atom stereocenters. The van der Waals surface area contributed by atoms with Crippen molar-refractivity contribution in [1.29, 1.82) is 0 Å². The van der Waals surface area contributed by atoms with Crippen LogP contribution in [-0.2, 0) is 4.79 Å². The topological polar surface area (TPSA) is 47.0 Å². The average molecular weight is 338 g/mol. The van der Waals surface area contributed by atoms with Gasteiger partial charge >= 0.3 is 0 Å². The molecule has 0 aromatic rings. The molecule has 0 aromatic carbocycles. The van der Waals surface area contributed by atoms with Crippen LogP contribution in [0.4, 0.5) is 0 Å². The number of carbonyl (C=O) groups is 1. The number of β-amino-alcohol motifs (C(OH)–C–C–N with tert-alkyl or cyclic N) is 1. The third kappa shape index (κ3) is 4.12. The molecule has 1 aliphatic carbocycles. The van der Waals surface area contributed by atoms with Crippen molar-refractivity contribution >= 4 is 5.91 Å². The molecule has 3 fully saturated rings. The molecule has 5 heteroatoms. The summed E-state index contributed by atoms with van der Waals surface area (Å²) < 4.78 is 0. The molecule has 1 saturated carbocycles.